The minimum Gasteiger partial charge on any atom is -0.476 e. The van der Waals surface area contributed by atoms with E-state index in [1.807, 2.05) is 12.1 Å². The highest BCUT2D eigenvalue weighted by Gasteiger charge is 2.11. The third-order valence-electron chi connectivity index (χ3n) is 3.37. The number of aromatic nitrogens is 2. The van der Waals surface area contributed by atoms with Gasteiger partial charge in [0.15, 0.2) is 5.69 Å². The fourth-order valence-corrected chi connectivity index (χ4v) is 2.39. The Bertz CT molecular complexity index is 655. The Hall–Kier alpha value is -2.43. The van der Waals surface area contributed by atoms with Crippen LogP contribution in [0.3, 0.4) is 0 Å². The fraction of sp³-hybridized carbons (Fsp3) is 0.267. The van der Waals surface area contributed by atoms with Crippen LogP contribution in [0.15, 0.2) is 30.6 Å². The molecule has 1 aromatic carbocycles. The number of carboxylic acids is 1. The van der Waals surface area contributed by atoms with E-state index in [-0.39, 0.29) is 11.6 Å². The molecule has 0 saturated carbocycles. The van der Waals surface area contributed by atoms with E-state index in [9.17, 15) is 4.79 Å². The molecule has 102 valence electrons. The van der Waals surface area contributed by atoms with Crippen LogP contribution in [-0.2, 0) is 12.8 Å². The number of nitrogens with zero attached hydrogens (tertiary/aromatic N) is 2. The van der Waals surface area contributed by atoms with Crippen molar-refractivity contribution in [3.63, 3.8) is 0 Å². The van der Waals surface area contributed by atoms with Crippen LogP contribution >= 0.6 is 0 Å². The molecule has 1 aromatic heterocycles. The molecule has 1 aliphatic rings. The number of carboxylic acid groups (broad SMARTS) is 1. The maximum Gasteiger partial charge on any atom is 0.356 e. The van der Waals surface area contributed by atoms with Gasteiger partial charge in [-0.2, -0.15) is 0 Å². The van der Waals surface area contributed by atoms with Gasteiger partial charge in [0.05, 0.1) is 12.4 Å². The van der Waals surface area contributed by atoms with Crippen molar-refractivity contribution in [2.45, 2.75) is 25.7 Å². The number of ether oxygens (including phenoxy) is 1. The third-order valence-corrected chi connectivity index (χ3v) is 3.37. The number of carbonyl (C=O) groups is 1. The van der Waals surface area contributed by atoms with Gasteiger partial charge < -0.3 is 9.84 Å². The zero-order valence-corrected chi connectivity index (χ0v) is 10.9. The Labute approximate surface area is 116 Å². The second kappa shape index (κ2) is 5.28. The Balaban J connectivity index is 1.84. The van der Waals surface area contributed by atoms with E-state index in [1.54, 1.807) is 0 Å². The van der Waals surface area contributed by atoms with Crippen LogP contribution in [0.1, 0.15) is 34.5 Å². The van der Waals surface area contributed by atoms with Gasteiger partial charge in [-0.05, 0) is 48.9 Å². The average molecular weight is 270 g/mol. The molecule has 1 aliphatic carbocycles. The molecule has 0 bridgehead atoms. The molecule has 0 saturated heterocycles. The summed E-state index contributed by atoms with van der Waals surface area (Å²) in [7, 11) is 0. The highest BCUT2D eigenvalue weighted by atomic mass is 16.5. The van der Waals surface area contributed by atoms with Crippen LogP contribution in [0.5, 0.6) is 11.6 Å². The predicted molar refractivity (Wildman–Crippen MR) is 72.1 cm³/mol. The van der Waals surface area contributed by atoms with Crippen LogP contribution in [0, 0.1) is 0 Å². The van der Waals surface area contributed by atoms with Crippen LogP contribution in [0.2, 0.25) is 0 Å². The summed E-state index contributed by atoms with van der Waals surface area (Å²) in [6.45, 7) is 0. The van der Waals surface area contributed by atoms with Crippen molar-refractivity contribution in [2.75, 3.05) is 0 Å². The Morgan fingerprint density at radius 1 is 1.15 bits per heavy atom. The number of hydrogen-bond acceptors (Lipinski definition) is 4. The molecule has 20 heavy (non-hydrogen) atoms. The summed E-state index contributed by atoms with van der Waals surface area (Å²) in [5.74, 6) is -0.253. The van der Waals surface area contributed by atoms with E-state index in [0.29, 0.717) is 5.75 Å². The molecule has 5 heteroatoms. The summed E-state index contributed by atoms with van der Waals surface area (Å²) in [5, 5.41) is 8.88. The van der Waals surface area contributed by atoms with Crippen molar-refractivity contribution in [1.82, 2.24) is 9.97 Å². The number of fused-ring (bicyclic) bond motifs is 1. The molecule has 0 aliphatic heterocycles. The molecular formula is C15H14N2O3. The topological polar surface area (TPSA) is 72.3 Å². The zero-order chi connectivity index (χ0) is 13.9. The van der Waals surface area contributed by atoms with Crippen LogP contribution in [0.25, 0.3) is 0 Å². The van der Waals surface area contributed by atoms with Gasteiger partial charge in [-0.1, -0.05) is 6.07 Å². The molecular weight excluding hydrogens is 256 g/mol. The lowest BCUT2D eigenvalue weighted by Gasteiger charge is -2.16. The highest BCUT2D eigenvalue weighted by Crippen LogP contribution is 2.27. The number of aromatic carboxylic acids is 1. The van der Waals surface area contributed by atoms with Crippen LogP contribution in [-0.4, -0.2) is 21.0 Å². The standard InChI is InChI=1S/C15H14N2O3/c18-15(19)13-8-16-9-14(17-13)20-12-6-5-10-3-1-2-4-11(10)7-12/h5-9H,1-4H2,(H,18,19). The van der Waals surface area contributed by atoms with E-state index >= 15 is 0 Å². The number of benzene rings is 1. The molecule has 1 N–H and O–H groups in total. The minimum atomic E-state index is -1.12. The molecule has 0 spiro atoms. The summed E-state index contributed by atoms with van der Waals surface area (Å²) in [4.78, 5) is 18.6. The fourth-order valence-electron chi connectivity index (χ4n) is 2.39. The Morgan fingerprint density at radius 2 is 1.95 bits per heavy atom. The summed E-state index contributed by atoms with van der Waals surface area (Å²) < 4.78 is 5.60. The van der Waals surface area contributed by atoms with Crippen molar-refractivity contribution in [3.05, 3.63) is 47.4 Å². The van der Waals surface area contributed by atoms with Gasteiger partial charge in [0.2, 0.25) is 5.88 Å². The minimum absolute atomic E-state index is 0.125. The van der Waals surface area contributed by atoms with Gasteiger partial charge in [-0.25, -0.2) is 9.78 Å². The quantitative estimate of drug-likeness (QED) is 0.928. The van der Waals surface area contributed by atoms with Gasteiger partial charge in [-0.3, -0.25) is 4.98 Å². The highest BCUT2D eigenvalue weighted by molar-refractivity contribution is 5.84. The van der Waals surface area contributed by atoms with E-state index in [0.717, 1.165) is 12.8 Å². The lowest BCUT2D eigenvalue weighted by atomic mass is 9.92. The van der Waals surface area contributed by atoms with Crippen LogP contribution < -0.4 is 4.74 Å². The van der Waals surface area contributed by atoms with E-state index in [4.69, 9.17) is 9.84 Å². The molecule has 1 heterocycles. The molecule has 3 rings (SSSR count). The number of aryl methyl sites for hydroxylation is 2. The second-order valence-electron chi connectivity index (χ2n) is 4.79. The molecule has 0 amide bonds. The lowest BCUT2D eigenvalue weighted by molar-refractivity contribution is 0.0689. The Kier molecular flexibility index (Phi) is 3.33. The van der Waals surface area contributed by atoms with Crippen molar-refractivity contribution < 1.29 is 14.6 Å². The van der Waals surface area contributed by atoms with Crippen LogP contribution in [0.4, 0.5) is 0 Å². The molecule has 0 unspecified atom stereocenters. The van der Waals surface area contributed by atoms with Crippen molar-refractivity contribution in [3.8, 4) is 11.6 Å². The van der Waals surface area contributed by atoms with Gasteiger partial charge >= 0.3 is 5.97 Å². The number of hydrogen-bond donors (Lipinski definition) is 1. The lowest BCUT2D eigenvalue weighted by Crippen LogP contribution is -2.04. The first-order valence-electron chi connectivity index (χ1n) is 6.57. The van der Waals surface area contributed by atoms with E-state index in [1.165, 1.54) is 36.4 Å². The van der Waals surface area contributed by atoms with Gasteiger partial charge in [0.1, 0.15) is 5.75 Å². The van der Waals surface area contributed by atoms with Gasteiger partial charge in [-0.15, -0.1) is 0 Å². The predicted octanol–water partition coefficient (Wildman–Crippen LogP) is 2.85. The molecule has 0 atom stereocenters. The van der Waals surface area contributed by atoms with E-state index < -0.39 is 5.97 Å². The normalized spacial score (nSPS) is 13.6. The summed E-state index contributed by atoms with van der Waals surface area (Å²) in [6, 6.07) is 5.96. The third kappa shape index (κ3) is 2.61. The Morgan fingerprint density at radius 3 is 2.75 bits per heavy atom. The maximum absolute atomic E-state index is 10.8. The zero-order valence-electron chi connectivity index (χ0n) is 10.9. The SMILES string of the molecule is O=C(O)c1cncc(Oc2ccc3c(c2)CCCC3)n1. The van der Waals surface area contributed by atoms with Crippen molar-refractivity contribution in [2.24, 2.45) is 0 Å². The van der Waals surface area contributed by atoms with E-state index in [2.05, 4.69) is 16.0 Å². The molecule has 0 radical (unpaired) electrons. The molecule has 2 aromatic rings. The maximum atomic E-state index is 10.8. The second-order valence-corrected chi connectivity index (χ2v) is 4.79. The molecule has 5 nitrogen and oxygen atoms in total. The van der Waals surface area contributed by atoms with Crippen molar-refractivity contribution >= 4 is 5.97 Å². The first-order valence-corrected chi connectivity index (χ1v) is 6.57. The monoisotopic (exact) mass is 270 g/mol. The van der Waals surface area contributed by atoms with Gasteiger partial charge in [0, 0.05) is 0 Å². The van der Waals surface area contributed by atoms with Crippen molar-refractivity contribution in [1.29, 1.82) is 0 Å². The smallest absolute Gasteiger partial charge is 0.356 e. The first kappa shape index (κ1) is 12.6. The largest absolute Gasteiger partial charge is 0.476 e. The summed E-state index contributed by atoms with van der Waals surface area (Å²) >= 11 is 0. The average Bonchev–Trinajstić information content (AvgIpc) is 2.47. The number of rotatable bonds is 3. The summed E-state index contributed by atoms with van der Waals surface area (Å²) in [5.41, 5.74) is 2.55. The first-order chi connectivity index (χ1) is 9.72. The van der Waals surface area contributed by atoms with Gasteiger partial charge in [0.25, 0.3) is 0 Å². The molecule has 0 fully saturated rings. The summed E-state index contributed by atoms with van der Waals surface area (Å²) in [6.07, 6.45) is 7.22.